The van der Waals surface area contributed by atoms with Gasteiger partial charge in [0.15, 0.2) is 0 Å². The number of rotatable bonds is 3. The van der Waals surface area contributed by atoms with Crippen molar-refractivity contribution in [1.29, 1.82) is 0 Å². The Morgan fingerprint density at radius 2 is 1.95 bits per heavy atom. The zero-order valence-electron chi connectivity index (χ0n) is 10.7. The van der Waals surface area contributed by atoms with Gasteiger partial charge in [-0.05, 0) is 65.2 Å². The van der Waals surface area contributed by atoms with Gasteiger partial charge in [0.2, 0.25) is 0 Å². The first-order valence-corrected chi connectivity index (χ1v) is 7.12. The standard InChI is InChI=1S/C15H14BrClFN/c1-9-3-5-12(17)8-15(9)19-10(2)11-4-6-14(18)13(16)7-11/h3-8,10,19H,1-2H3. The Morgan fingerprint density at radius 3 is 2.63 bits per heavy atom. The minimum Gasteiger partial charge on any atom is -0.378 e. The number of nitrogens with one attached hydrogen (secondary N) is 1. The summed E-state index contributed by atoms with van der Waals surface area (Å²) in [5.74, 6) is -0.255. The highest BCUT2D eigenvalue weighted by Gasteiger charge is 2.09. The normalized spacial score (nSPS) is 12.3. The number of hydrogen-bond acceptors (Lipinski definition) is 1. The van der Waals surface area contributed by atoms with Crippen molar-refractivity contribution < 1.29 is 4.39 Å². The molecule has 0 saturated heterocycles. The third kappa shape index (κ3) is 3.48. The van der Waals surface area contributed by atoms with Crippen LogP contribution < -0.4 is 5.32 Å². The molecule has 0 fully saturated rings. The van der Waals surface area contributed by atoms with E-state index in [9.17, 15) is 4.39 Å². The van der Waals surface area contributed by atoms with Crippen LogP contribution in [-0.2, 0) is 0 Å². The average Bonchev–Trinajstić information content (AvgIpc) is 2.37. The molecule has 4 heteroatoms. The zero-order chi connectivity index (χ0) is 14.0. The van der Waals surface area contributed by atoms with E-state index < -0.39 is 0 Å². The first kappa shape index (κ1) is 14.4. The fraction of sp³-hybridized carbons (Fsp3) is 0.200. The highest BCUT2D eigenvalue weighted by Crippen LogP contribution is 2.27. The second-order valence-electron chi connectivity index (χ2n) is 4.50. The zero-order valence-corrected chi connectivity index (χ0v) is 13.0. The Labute approximate surface area is 125 Å². The van der Waals surface area contributed by atoms with Crippen molar-refractivity contribution in [2.75, 3.05) is 5.32 Å². The van der Waals surface area contributed by atoms with Crippen molar-refractivity contribution >= 4 is 33.2 Å². The van der Waals surface area contributed by atoms with Crippen LogP contribution in [-0.4, -0.2) is 0 Å². The maximum absolute atomic E-state index is 13.2. The lowest BCUT2D eigenvalue weighted by molar-refractivity contribution is 0.619. The van der Waals surface area contributed by atoms with Gasteiger partial charge in [-0.1, -0.05) is 23.7 Å². The second kappa shape index (κ2) is 5.93. The molecule has 1 N–H and O–H groups in total. The molecule has 0 spiro atoms. The van der Waals surface area contributed by atoms with Gasteiger partial charge in [-0.3, -0.25) is 0 Å². The van der Waals surface area contributed by atoms with Crippen LogP contribution >= 0.6 is 27.5 Å². The van der Waals surface area contributed by atoms with Crippen LogP contribution in [0, 0.1) is 12.7 Å². The summed E-state index contributed by atoms with van der Waals surface area (Å²) in [7, 11) is 0. The fourth-order valence-electron chi connectivity index (χ4n) is 1.85. The third-order valence-corrected chi connectivity index (χ3v) is 3.86. The Balaban J connectivity index is 2.22. The molecule has 2 aromatic rings. The maximum atomic E-state index is 13.2. The number of halogens is 3. The van der Waals surface area contributed by atoms with Crippen LogP contribution in [0.3, 0.4) is 0 Å². The van der Waals surface area contributed by atoms with Gasteiger partial charge in [0, 0.05) is 16.8 Å². The first-order chi connectivity index (χ1) is 8.97. The molecular weight excluding hydrogens is 329 g/mol. The van der Waals surface area contributed by atoms with E-state index in [4.69, 9.17) is 11.6 Å². The average molecular weight is 343 g/mol. The molecule has 1 nitrogen and oxygen atoms in total. The van der Waals surface area contributed by atoms with Gasteiger partial charge in [0.1, 0.15) is 5.82 Å². The van der Waals surface area contributed by atoms with E-state index in [1.807, 2.05) is 32.0 Å². The van der Waals surface area contributed by atoms with Gasteiger partial charge in [-0.15, -0.1) is 0 Å². The molecule has 0 aromatic heterocycles. The van der Waals surface area contributed by atoms with E-state index in [1.165, 1.54) is 6.07 Å². The Bertz CT molecular complexity index is 601. The van der Waals surface area contributed by atoms with Gasteiger partial charge in [0.25, 0.3) is 0 Å². The molecule has 2 aromatic carbocycles. The highest BCUT2D eigenvalue weighted by atomic mass is 79.9. The molecule has 1 atom stereocenters. The highest BCUT2D eigenvalue weighted by molar-refractivity contribution is 9.10. The van der Waals surface area contributed by atoms with Gasteiger partial charge in [-0.2, -0.15) is 0 Å². The maximum Gasteiger partial charge on any atom is 0.137 e. The SMILES string of the molecule is Cc1ccc(Cl)cc1NC(C)c1ccc(F)c(Br)c1. The van der Waals surface area contributed by atoms with E-state index in [0.717, 1.165) is 16.8 Å². The summed E-state index contributed by atoms with van der Waals surface area (Å²) in [6.45, 7) is 4.05. The number of benzene rings is 2. The van der Waals surface area contributed by atoms with E-state index in [-0.39, 0.29) is 11.9 Å². The molecular formula is C15H14BrClFN. The third-order valence-electron chi connectivity index (χ3n) is 3.02. The summed E-state index contributed by atoms with van der Waals surface area (Å²) in [5, 5.41) is 4.08. The van der Waals surface area contributed by atoms with Crippen LogP contribution in [0.2, 0.25) is 5.02 Å². The van der Waals surface area contributed by atoms with E-state index in [0.29, 0.717) is 9.50 Å². The molecule has 100 valence electrons. The summed E-state index contributed by atoms with van der Waals surface area (Å²) in [4.78, 5) is 0. The van der Waals surface area contributed by atoms with Gasteiger partial charge in [-0.25, -0.2) is 4.39 Å². The Kier molecular flexibility index (Phi) is 4.48. The fourth-order valence-corrected chi connectivity index (χ4v) is 2.42. The lowest BCUT2D eigenvalue weighted by Gasteiger charge is -2.18. The van der Waals surface area contributed by atoms with Crippen LogP contribution in [0.4, 0.5) is 10.1 Å². The molecule has 0 amide bonds. The quantitative estimate of drug-likeness (QED) is 0.752. The predicted molar refractivity (Wildman–Crippen MR) is 82.3 cm³/mol. The van der Waals surface area contributed by atoms with Crippen molar-refractivity contribution in [1.82, 2.24) is 0 Å². The van der Waals surface area contributed by atoms with Crippen molar-refractivity contribution in [3.63, 3.8) is 0 Å². The topological polar surface area (TPSA) is 12.0 Å². The molecule has 0 aliphatic rings. The van der Waals surface area contributed by atoms with Crippen LogP contribution in [0.25, 0.3) is 0 Å². The van der Waals surface area contributed by atoms with E-state index >= 15 is 0 Å². The molecule has 0 heterocycles. The number of anilines is 1. The molecule has 0 aliphatic carbocycles. The minimum absolute atomic E-state index is 0.0640. The molecule has 0 bridgehead atoms. The van der Waals surface area contributed by atoms with Gasteiger partial charge < -0.3 is 5.32 Å². The molecule has 19 heavy (non-hydrogen) atoms. The van der Waals surface area contributed by atoms with E-state index in [2.05, 4.69) is 21.2 Å². The largest absolute Gasteiger partial charge is 0.378 e. The number of hydrogen-bond donors (Lipinski definition) is 1. The van der Waals surface area contributed by atoms with Gasteiger partial charge in [0.05, 0.1) is 4.47 Å². The molecule has 2 rings (SSSR count). The lowest BCUT2D eigenvalue weighted by atomic mass is 10.1. The molecule has 0 radical (unpaired) electrons. The summed E-state index contributed by atoms with van der Waals surface area (Å²) < 4.78 is 13.7. The summed E-state index contributed by atoms with van der Waals surface area (Å²) in [6.07, 6.45) is 0. The summed E-state index contributed by atoms with van der Waals surface area (Å²) in [5.41, 5.74) is 3.12. The Morgan fingerprint density at radius 1 is 1.21 bits per heavy atom. The smallest absolute Gasteiger partial charge is 0.137 e. The molecule has 0 saturated carbocycles. The molecule has 1 unspecified atom stereocenters. The monoisotopic (exact) mass is 341 g/mol. The lowest BCUT2D eigenvalue weighted by Crippen LogP contribution is -2.07. The predicted octanol–water partition coefficient (Wildman–Crippen LogP) is 5.72. The van der Waals surface area contributed by atoms with Crippen molar-refractivity contribution in [2.24, 2.45) is 0 Å². The first-order valence-electron chi connectivity index (χ1n) is 5.95. The van der Waals surface area contributed by atoms with E-state index in [1.54, 1.807) is 12.1 Å². The number of aryl methyl sites for hydroxylation is 1. The summed E-state index contributed by atoms with van der Waals surface area (Å²) in [6, 6.07) is 10.8. The van der Waals surface area contributed by atoms with Crippen molar-refractivity contribution in [3.8, 4) is 0 Å². The van der Waals surface area contributed by atoms with Crippen molar-refractivity contribution in [2.45, 2.75) is 19.9 Å². The summed E-state index contributed by atoms with van der Waals surface area (Å²) >= 11 is 9.20. The van der Waals surface area contributed by atoms with Gasteiger partial charge >= 0.3 is 0 Å². The van der Waals surface area contributed by atoms with Crippen LogP contribution in [0.5, 0.6) is 0 Å². The van der Waals surface area contributed by atoms with Crippen LogP contribution in [0.1, 0.15) is 24.1 Å². The Hall–Kier alpha value is -1.06. The van der Waals surface area contributed by atoms with Crippen LogP contribution in [0.15, 0.2) is 40.9 Å². The molecule has 0 aliphatic heterocycles. The van der Waals surface area contributed by atoms with Crippen molar-refractivity contribution in [3.05, 3.63) is 62.8 Å². The second-order valence-corrected chi connectivity index (χ2v) is 5.79. The minimum atomic E-state index is -0.255.